The van der Waals surface area contributed by atoms with E-state index in [0.717, 1.165) is 27.1 Å². The normalized spacial score (nSPS) is 11.1. The number of aryl methyl sites for hydroxylation is 1. The van der Waals surface area contributed by atoms with Gasteiger partial charge in [-0.25, -0.2) is 0 Å². The van der Waals surface area contributed by atoms with Gasteiger partial charge < -0.3 is 15.3 Å². The first-order valence-electron chi connectivity index (χ1n) is 6.22. The van der Waals surface area contributed by atoms with Crippen molar-refractivity contribution in [1.29, 1.82) is 0 Å². The van der Waals surface area contributed by atoms with Crippen LogP contribution >= 0.6 is 11.8 Å². The third-order valence-electron chi connectivity index (χ3n) is 3.44. The molecule has 0 unspecified atom stereocenters. The molecule has 0 aliphatic rings. The molecular formula is C15H15N3OS. The fourth-order valence-electron chi connectivity index (χ4n) is 2.38. The lowest BCUT2D eigenvalue weighted by atomic mass is 10.0. The molecule has 2 aromatic heterocycles. The van der Waals surface area contributed by atoms with Gasteiger partial charge in [0.2, 0.25) is 0 Å². The van der Waals surface area contributed by atoms with Crippen LogP contribution in [0.3, 0.4) is 0 Å². The maximum atomic E-state index is 12.1. The summed E-state index contributed by atoms with van der Waals surface area (Å²) in [5.41, 5.74) is 9.42. The fourth-order valence-corrected chi connectivity index (χ4v) is 2.93. The molecule has 0 saturated carbocycles. The molecule has 3 aromatic rings. The van der Waals surface area contributed by atoms with Crippen molar-refractivity contribution in [3.05, 3.63) is 47.0 Å². The van der Waals surface area contributed by atoms with E-state index in [9.17, 15) is 4.79 Å². The van der Waals surface area contributed by atoms with E-state index in [1.165, 1.54) is 0 Å². The minimum absolute atomic E-state index is 0.0192. The van der Waals surface area contributed by atoms with Gasteiger partial charge in [0, 0.05) is 41.0 Å². The van der Waals surface area contributed by atoms with Gasteiger partial charge in [-0.1, -0.05) is 6.07 Å². The second-order valence-electron chi connectivity index (χ2n) is 4.68. The standard InChI is InChI=1S/C15H15N3OS/c1-18-8-11(10-5-6-17-14(10)15(18)19)9-3-4-12(16)13(7-9)20-2/h3-8,17H,16H2,1-2H3. The molecule has 4 nitrogen and oxygen atoms in total. The third kappa shape index (κ3) is 1.91. The van der Waals surface area contributed by atoms with E-state index in [4.69, 9.17) is 5.73 Å². The Bertz CT molecular complexity index is 848. The first-order chi connectivity index (χ1) is 9.61. The van der Waals surface area contributed by atoms with Gasteiger partial charge >= 0.3 is 0 Å². The molecule has 0 aliphatic carbocycles. The number of nitrogens with zero attached hydrogens (tertiary/aromatic N) is 1. The molecule has 5 heteroatoms. The van der Waals surface area contributed by atoms with E-state index in [1.54, 1.807) is 29.6 Å². The average Bonchev–Trinajstić information content (AvgIpc) is 2.93. The number of fused-ring (bicyclic) bond motifs is 1. The van der Waals surface area contributed by atoms with Crippen LogP contribution in [0.15, 0.2) is 46.3 Å². The third-order valence-corrected chi connectivity index (χ3v) is 4.23. The van der Waals surface area contributed by atoms with Crippen LogP contribution in [0.2, 0.25) is 0 Å². The van der Waals surface area contributed by atoms with Crippen LogP contribution in [0.25, 0.3) is 22.0 Å². The molecule has 1 aromatic carbocycles. The van der Waals surface area contributed by atoms with Crippen LogP contribution in [-0.4, -0.2) is 15.8 Å². The number of hydrogen-bond donors (Lipinski definition) is 2. The van der Waals surface area contributed by atoms with Gasteiger partial charge in [0.05, 0.1) is 0 Å². The largest absolute Gasteiger partial charge is 0.398 e. The molecule has 0 spiro atoms. The van der Waals surface area contributed by atoms with Crippen LogP contribution in [-0.2, 0) is 7.05 Å². The minimum Gasteiger partial charge on any atom is -0.398 e. The highest BCUT2D eigenvalue weighted by Gasteiger charge is 2.11. The summed E-state index contributed by atoms with van der Waals surface area (Å²) in [5, 5.41) is 0.935. The Labute approximate surface area is 120 Å². The number of aromatic nitrogens is 2. The van der Waals surface area contributed by atoms with Crippen molar-refractivity contribution in [2.75, 3.05) is 12.0 Å². The van der Waals surface area contributed by atoms with Gasteiger partial charge in [0.25, 0.3) is 5.56 Å². The molecule has 0 fully saturated rings. The minimum atomic E-state index is -0.0192. The SMILES string of the molecule is CSc1cc(-c2cn(C)c(=O)c3[nH]ccc23)ccc1N. The summed E-state index contributed by atoms with van der Waals surface area (Å²) in [4.78, 5) is 16.1. The van der Waals surface area contributed by atoms with E-state index in [1.807, 2.05) is 30.7 Å². The van der Waals surface area contributed by atoms with Crippen LogP contribution in [0, 0.1) is 0 Å². The van der Waals surface area contributed by atoms with Crippen molar-refractivity contribution in [3.63, 3.8) is 0 Å². The first-order valence-corrected chi connectivity index (χ1v) is 7.45. The predicted molar refractivity (Wildman–Crippen MR) is 85.2 cm³/mol. The molecule has 3 rings (SSSR count). The number of anilines is 1. The monoisotopic (exact) mass is 285 g/mol. The lowest BCUT2D eigenvalue weighted by Gasteiger charge is -2.09. The first kappa shape index (κ1) is 12.9. The number of nitrogens with one attached hydrogen (secondary N) is 1. The molecule has 0 saturated heterocycles. The zero-order chi connectivity index (χ0) is 14.3. The maximum Gasteiger partial charge on any atom is 0.274 e. The smallest absolute Gasteiger partial charge is 0.274 e. The van der Waals surface area contributed by atoms with E-state index >= 15 is 0 Å². The zero-order valence-corrected chi connectivity index (χ0v) is 12.1. The number of benzene rings is 1. The summed E-state index contributed by atoms with van der Waals surface area (Å²) >= 11 is 1.62. The summed E-state index contributed by atoms with van der Waals surface area (Å²) in [5.74, 6) is 0. The van der Waals surface area contributed by atoms with Crippen LogP contribution in [0.1, 0.15) is 0 Å². The molecule has 3 N–H and O–H groups in total. The highest BCUT2D eigenvalue weighted by molar-refractivity contribution is 7.98. The number of H-pyrrole nitrogens is 1. The second-order valence-corrected chi connectivity index (χ2v) is 5.53. The average molecular weight is 285 g/mol. The van der Waals surface area contributed by atoms with Crippen LogP contribution in [0.4, 0.5) is 5.69 Å². The van der Waals surface area contributed by atoms with Gasteiger partial charge in [0.15, 0.2) is 0 Å². The van der Waals surface area contributed by atoms with Crippen LogP contribution in [0.5, 0.6) is 0 Å². The molecule has 0 radical (unpaired) electrons. The van der Waals surface area contributed by atoms with Gasteiger partial charge in [-0.05, 0) is 30.0 Å². The van der Waals surface area contributed by atoms with Gasteiger partial charge in [-0.15, -0.1) is 11.8 Å². The highest BCUT2D eigenvalue weighted by atomic mass is 32.2. The topological polar surface area (TPSA) is 63.8 Å². The van der Waals surface area contributed by atoms with E-state index in [0.29, 0.717) is 5.52 Å². The molecular weight excluding hydrogens is 270 g/mol. The number of aromatic amines is 1. The summed E-state index contributed by atoms with van der Waals surface area (Å²) in [6.45, 7) is 0. The quantitative estimate of drug-likeness (QED) is 0.562. The molecule has 102 valence electrons. The summed E-state index contributed by atoms with van der Waals surface area (Å²) in [6, 6.07) is 7.89. The fraction of sp³-hybridized carbons (Fsp3) is 0.133. The van der Waals surface area contributed by atoms with Crippen molar-refractivity contribution in [1.82, 2.24) is 9.55 Å². The van der Waals surface area contributed by atoms with E-state index in [-0.39, 0.29) is 5.56 Å². The van der Waals surface area contributed by atoms with Crippen molar-refractivity contribution in [2.24, 2.45) is 7.05 Å². The Hall–Kier alpha value is -2.14. The van der Waals surface area contributed by atoms with Gasteiger partial charge in [0.1, 0.15) is 5.52 Å². The Morgan fingerprint density at radius 3 is 2.85 bits per heavy atom. The maximum absolute atomic E-state index is 12.1. The van der Waals surface area contributed by atoms with Crippen LogP contribution < -0.4 is 11.3 Å². The van der Waals surface area contributed by atoms with E-state index < -0.39 is 0 Å². The molecule has 2 heterocycles. The molecule has 0 amide bonds. The number of pyridine rings is 1. The summed E-state index contributed by atoms with van der Waals surface area (Å²) < 4.78 is 1.60. The Kier molecular flexibility index (Phi) is 3.06. The molecule has 0 bridgehead atoms. The Morgan fingerprint density at radius 2 is 2.10 bits per heavy atom. The number of rotatable bonds is 2. The van der Waals surface area contributed by atoms with Gasteiger partial charge in [-0.2, -0.15) is 0 Å². The number of hydrogen-bond acceptors (Lipinski definition) is 3. The lowest BCUT2D eigenvalue weighted by molar-refractivity contribution is 0.872. The molecule has 20 heavy (non-hydrogen) atoms. The van der Waals surface area contributed by atoms with Crippen molar-refractivity contribution in [3.8, 4) is 11.1 Å². The van der Waals surface area contributed by atoms with Crippen molar-refractivity contribution < 1.29 is 0 Å². The molecule has 0 aliphatic heterocycles. The number of nitrogens with two attached hydrogens (primary N) is 1. The second kappa shape index (κ2) is 4.76. The zero-order valence-electron chi connectivity index (χ0n) is 11.3. The van der Waals surface area contributed by atoms with E-state index in [2.05, 4.69) is 11.1 Å². The predicted octanol–water partition coefficient (Wildman–Crippen LogP) is 2.84. The summed E-state index contributed by atoms with van der Waals surface area (Å²) in [7, 11) is 1.76. The molecule has 0 atom stereocenters. The Morgan fingerprint density at radius 1 is 1.30 bits per heavy atom. The Balaban J connectivity index is 2.32. The number of nitrogen functional groups attached to an aromatic ring is 1. The number of thioether (sulfide) groups is 1. The lowest BCUT2D eigenvalue weighted by Crippen LogP contribution is -2.16. The van der Waals surface area contributed by atoms with Crippen molar-refractivity contribution in [2.45, 2.75) is 4.90 Å². The van der Waals surface area contributed by atoms with Gasteiger partial charge in [-0.3, -0.25) is 4.79 Å². The summed E-state index contributed by atoms with van der Waals surface area (Å²) in [6.07, 6.45) is 5.67. The van der Waals surface area contributed by atoms with Crippen molar-refractivity contribution >= 4 is 28.4 Å². The highest BCUT2D eigenvalue weighted by Crippen LogP contribution is 2.32.